The third kappa shape index (κ3) is 4.19. The van der Waals surface area contributed by atoms with Gasteiger partial charge in [-0.15, -0.1) is 0 Å². The summed E-state index contributed by atoms with van der Waals surface area (Å²) >= 11 is 0. The fourth-order valence-electron chi connectivity index (χ4n) is 1.70. The van der Waals surface area contributed by atoms with Gasteiger partial charge in [0, 0.05) is 30.8 Å². The first-order valence-corrected chi connectivity index (χ1v) is 5.99. The summed E-state index contributed by atoms with van der Waals surface area (Å²) in [7, 11) is 2.01. The van der Waals surface area contributed by atoms with Crippen LogP contribution in [0.25, 0.3) is 0 Å². The third-order valence-corrected chi connectivity index (χ3v) is 3.02. The quantitative estimate of drug-likeness (QED) is 0.787. The van der Waals surface area contributed by atoms with Crippen molar-refractivity contribution in [2.45, 2.75) is 39.3 Å². The number of rotatable bonds is 7. The van der Waals surface area contributed by atoms with Crippen LogP contribution in [0, 0.1) is 0 Å². The molecule has 0 aliphatic heterocycles. The van der Waals surface area contributed by atoms with Crippen LogP contribution >= 0.6 is 0 Å². The molecule has 17 heavy (non-hydrogen) atoms. The highest BCUT2D eigenvalue weighted by molar-refractivity contribution is 5.66. The van der Waals surface area contributed by atoms with E-state index in [1.807, 2.05) is 24.1 Å². The van der Waals surface area contributed by atoms with E-state index in [4.69, 9.17) is 5.11 Å². The molecule has 1 unspecified atom stereocenters. The first kappa shape index (κ1) is 13.7. The lowest BCUT2D eigenvalue weighted by Gasteiger charge is -2.23. The Balaban J connectivity index is 2.45. The zero-order valence-electron chi connectivity index (χ0n) is 10.8. The highest BCUT2D eigenvalue weighted by Crippen LogP contribution is 2.18. The smallest absolute Gasteiger partial charge is 0.303 e. The first-order valence-electron chi connectivity index (χ1n) is 5.99. The van der Waals surface area contributed by atoms with E-state index in [9.17, 15) is 4.79 Å². The number of hydrogen-bond acceptors (Lipinski definition) is 3. The molecule has 0 aromatic carbocycles. The highest BCUT2D eigenvalue weighted by Gasteiger charge is 2.13. The maximum absolute atomic E-state index is 10.4. The van der Waals surface area contributed by atoms with Gasteiger partial charge in [0.05, 0.1) is 6.20 Å². The summed E-state index contributed by atoms with van der Waals surface area (Å²) < 4.78 is 1.90. The number of hydrogen-bond donors (Lipinski definition) is 1. The molecule has 1 aromatic heterocycles. The largest absolute Gasteiger partial charge is 0.481 e. The predicted octanol–water partition coefficient (Wildman–Crippen LogP) is 1.76. The van der Waals surface area contributed by atoms with Gasteiger partial charge in [-0.05, 0) is 33.9 Å². The Morgan fingerprint density at radius 3 is 2.88 bits per heavy atom. The van der Waals surface area contributed by atoms with Gasteiger partial charge in [-0.25, -0.2) is 0 Å². The molecule has 0 spiro atoms. The van der Waals surface area contributed by atoms with Gasteiger partial charge in [0.1, 0.15) is 0 Å². The van der Waals surface area contributed by atoms with Crippen molar-refractivity contribution in [1.29, 1.82) is 0 Å². The Hall–Kier alpha value is -1.36. The van der Waals surface area contributed by atoms with E-state index in [1.54, 1.807) is 0 Å². The van der Waals surface area contributed by atoms with Crippen LogP contribution in [0.3, 0.4) is 0 Å². The van der Waals surface area contributed by atoms with Crippen molar-refractivity contribution >= 4 is 5.97 Å². The minimum atomic E-state index is -0.732. The van der Waals surface area contributed by atoms with Gasteiger partial charge in [-0.1, -0.05) is 0 Å². The van der Waals surface area contributed by atoms with Crippen LogP contribution in [0.15, 0.2) is 12.4 Å². The summed E-state index contributed by atoms with van der Waals surface area (Å²) in [6, 6.07) is 0.268. The Bertz CT molecular complexity index is 362. The van der Waals surface area contributed by atoms with Gasteiger partial charge in [-0.2, -0.15) is 5.10 Å². The molecule has 5 heteroatoms. The van der Waals surface area contributed by atoms with Gasteiger partial charge in [0.2, 0.25) is 0 Å². The van der Waals surface area contributed by atoms with Crippen LogP contribution in [0.2, 0.25) is 0 Å². The van der Waals surface area contributed by atoms with Crippen LogP contribution < -0.4 is 0 Å². The topological polar surface area (TPSA) is 58.4 Å². The Morgan fingerprint density at radius 1 is 1.65 bits per heavy atom. The molecule has 1 aromatic rings. The molecule has 0 aliphatic rings. The molecule has 1 atom stereocenters. The second-order valence-corrected chi connectivity index (χ2v) is 4.28. The molecule has 0 saturated heterocycles. The van der Waals surface area contributed by atoms with Gasteiger partial charge in [0.15, 0.2) is 0 Å². The Kier molecular flexibility index (Phi) is 5.15. The molecule has 0 saturated carbocycles. The minimum Gasteiger partial charge on any atom is -0.481 e. The zero-order valence-corrected chi connectivity index (χ0v) is 10.8. The standard InChI is InChI=1S/C12H21N3O2/c1-4-15-9-11(8-13-15)10(2)14(3)7-5-6-12(16)17/h8-10H,4-7H2,1-3H3,(H,16,17). The average molecular weight is 239 g/mol. The van der Waals surface area contributed by atoms with Gasteiger partial charge < -0.3 is 5.11 Å². The second kappa shape index (κ2) is 6.39. The van der Waals surface area contributed by atoms with E-state index in [-0.39, 0.29) is 12.5 Å². The molecule has 0 radical (unpaired) electrons. The lowest BCUT2D eigenvalue weighted by atomic mass is 10.1. The lowest BCUT2D eigenvalue weighted by molar-refractivity contribution is -0.137. The SMILES string of the molecule is CCn1cc(C(C)N(C)CCCC(=O)O)cn1. The number of carboxylic acids is 1. The molecule has 1 rings (SSSR count). The number of carbonyl (C=O) groups is 1. The van der Waals surface area contributed by atoms with Crippen molar-refractivity contribution in [2.24, 2.45) is 0 Å². The Morgan fingerprint density at radius 2 is 2.35 bits per heavy atom. The van der Waals surface area contributed by atoms with Gasteiger partial charge in [0.25, 0.3) is 0 Å². The van der Waals surface area contributed by atoms with E-state index >= 15 is 0 Å². The molecule has 5 nitrogen and oxygen atoms in total. The van der Waals surface area contributed by atoms with Crippen molar-refractivity contribution in [2.75, 3.05) is 13.6 Å². The van der Waals surface area contributed by atoms with E-state index in [1.165, 1.54) is 5.56 Å². The van der Waals surface area contributed by atoms with Crippen LogP contribution in [0.4, 0.5) is 0 Å². The van der Waals surface area contributed by atoms with E-state index in [0.29, 0.717) is 6.42 Å². The molecule has 0 aliphatic carbocycles. The first-order chi connectivity index (χ1) is 8.04. The van der Waals surface area contributed by atoms with Crippen molar-refractivity contribution in [3.63, 3.8) is 0 Å². The number of aryl methyl sites for hydroxylation is 1. The maximum Gasteiger partial charge on any atom is 0.303 e. The molecule has 1 N–H and O–H groups in total. The molecule has 0 bridgehead atoms. The summed E-state index contributed by atoms with van der Waals surface area (Å²) in [5.74, 6) is -0.732. The maximum atomic E-state index is 10.4. The van der Waals surface area contributed by atoms with E-state index < -0.39 is 5.97 Å². The number of nitrogens with zero attached hydrogens (tertiary/aromatic N) is 3. The third-order valence-electron chi connectivity index (χ3n) is 3.02. The molecule has 0 amide bonds. The fraction of sp³-hybridized carbons (Fsp3) is 0.667. The van der Waals surface area contributed by atoms with Crippen LogP contribution in [0.1, 0.15) is 38.3 Å². The molecule has 0 fully saturated rings. The minimum absolute atomic E-state index is 0.227. The monoisotopic (exact) mass is 239 g/mol. The van der Waals surface area contributed by atoms with Gasteiger partial charge in [-0.3, -0.25) is 14.4 Å². The van der Waals surface area contributed by atoms with Crippen molar-refractivity contribution < 1.29 is 9.90 Å². The molecular formula is C12H21N3O2. The van der Waals surface area contributed by atoms with Crippen LogP contribution in [0.5, 0.6) is 0 Å². The molecular weight excluding hydrogens is 218 g/mol. The summed E-state index contributed by atoms with van der Waals surface area (Å²) in [5, 5.41) is 12.8. The van der Waals surface area contributed by atoms with Crippen molar-refractivity contribution in [3.8, 4) is 0 Å². The normalized spacial score (nSPS) is 12.9. The summed E-state index contributed by atoms with van der Waals surface area (Å²) in [4.78, 5) is 12.6. The molecule has 1 heterocycles. The second-order valence-electron chi connectivity index (χ2n) is 4.28. The van der Waals surface area contributed by atoms with E-state index in [2.05, 4.69) is 23.8 Å². The number of carboxylic acid groups (broad SMARTS) is 1. The van der Waals surface area contributed by atoms with Crippen molar-refractivity contribution in [3.05, 3.63) is 18.0 Å². The van der Waals surface area contributed by atoms with E-state index in [0.717, 1.165) is 13.1 Å². The fourth-order valence-corrected chi connectivity index (χ4v) is 1.70. The van der Waals surface area contributed by atoms with Crippen LogP contribution in [-0.4, -0.2) is 39.3 Å². The van der Waals surface area contributed by atoms with Gasteiger partial charge >= 0.3 is 5.97 Å². The van der Waals surface area contributed by atoms with Crippen molar-refractivity contribution in [1.82, 2.24) is 14.7 Å². The zero-order chi connectivity index (χ0) is 12.8. The molecule has 96 valence electrons. The Labute approximate surface area is 102 Å². The lowest BCUT2D eigenvalue weighted by Crippen LogP contribution is -2.23. The van der Waals surface area contributed by atoms with Crippen LogP contribution in [-0.2, 0) is 11.3 Å². The predicted molar refractivity (Wildman–Crippen MR) is 65.8 cm³/mol. The highest BCUT2D eigenvalue weighted by atomic mass is 16.4. The average Bonchev–Trinajstić information content (AvgIpc) is 2.75. The summed E-state index contributed by atoms with van der Waals surface area (Å²) in [6.07, 6.45) is 4.82. The number of aromatic nitrogens is 2. The summed E-state index contributed by atoms with van der Waals surface area (Å²) in [6.45, 7) is 5.82. The summed E-state index contributed by atoms with van der Waals surface area (Å²) in [5.41, 5.74) is 1.17. The number of aliphatic carboxylic acids is 1.